The Balaban J connectivity index is 1.25. The van der Waals surface area contributed by atoms with Crippen molar-refractivity contribution in [3.8, 4) is 0 Å². The molecule has 0 aromatic heterocycles. The summed E-state index contributed by atoms with van der Waals surface area (Å²) in [6.07, 6.45) is 1.57. The van der Waals surface area contributed by atoms with E-state index < -0.39 is 96.7 Å². The summed E-state index contributed by atoms with van der Waals surface area (Å²) in [6, 6.07) is -1.11. The SMILES string of the molecule is CC(=O)N[C@@H]1[C@H](OC[C@@H]2O[C@@H]3OC4(CCCCC4)O[C@@H]3[C@@H]3OC4(CCCCC4)O[C@@H]32)O[C@H](COC(C)=O)[C@@H](OC(C)=O)[C@H]1OC(C)=O. The molecule has 1 N–H and O–H groups in total. The molecule has 6 rings (SSSR count). The summed E-state index contributed by atoms with van der Waals surface area (Å²) in [5.41, 5.74) is 0. The molecule has 0 aromatic carbocycles. The Morgan fingerprint density at radius 2 is 1.21 bits per heavy atom. The maximum Gasteiger partial charge on any atom is 0.303 e. The summed E-state index contributed by atoms with van der Waals surface area (Å²) >= 11 is 0. The van der Waals surface area contributed by atoms with Gasteiger partial charge in [0.2, 0.25) is 5.91 Å². The Kier molecular flexibility index (Phi) is 10.4. The molecule has 1 amide bonds. The van der Waals surface area contributed by atoms with Crippen LogP contribution in [0.15, 0.2) is 0 Å². The van der Waals surface area contributed by atoms with E-state index >= 15 is 0 Å². The van der Waals surface area contributed by atoms with Crippen LogP contribution in [0.5, 0.6) is 0 Å². The molecule has 4 heterocycles. The van der Waals surface area contributed by atoms with Crippen molar-refractivity contribution in [3.05, 3.63) is 0 Å². The van der Waals surface area contributed by atoms with Crippen molar-refractivity contribution in [2.75, 3.05) is 13.2 Å². The summed E-state index contributed by atoms with van der Waals surface area (Å²) in [7, 11) is 0. The molecule has 4 saturated heterocycles. The summed E-state index contributed by atoms with van der Waals surface area (Å²) in [5.74, 6) is -3.92. The third-order valence-corrected chi connectivity index (χ3v) is 9.70. The van der Waals surface area contributed by atoms with Crippen LogP contribution in [0.4, 0.5) is 0 Å². The van der Waals surface area contributed by atoms with Gasteiger partial charge in [0, 0.05) is 53.4 Å². The number of fused-ring (bicyclic) bond motifs is 3. The normalized spacial score (nSPS) is 38.6. The minimum Gasteiger partial charge on any atom is -0.463 e. The highest BCUT2D eigenvalue weighted by molar-refractivity contribution is 5.73. The molecule has 0 radical (unpaired) electrons. The Hall–Kier alpha value is -2.40. The number of amides is 1. The van der Waals surface area contributed by atoms with Gasteiger partial charge in [0.25, 0.3) is 0 Å². The summed E-state index contributed by atoms with van der Waals surface area (Å²) in [5, 5.41) is 2.73. The first-order valence-corrected chi connectivity index (χ1v) is 16.9. The van der Waals surface area contributed by atoms with E-state index in [0.717, 1.165) is 64.2 Å². The number of hydrogen-bond acceptors (Lipinski definition) is 14. The van der Waals surface area contributed by atoms with Crippen LogP contribution in [0.1, 0.15) is 91.9 Å². The van der Waals surface area contributed by atoms with Crippen LogP contribution in [-0.4, -0.2) is 110 Å². The van der Waals surface area contributed by atoms with Crippen LogP contribution in [-0.2, 0) is 66.5 Å². The molecule has 0 bridgehead atoms. The van der Waals surface area contributed by atoms with Crippen molar-refractivity contribution < 1.29 is 66.5 Å². The van der Waals surface area contributed by atoms with Gasteiger partial charge < -0.3 is 52.7 Å². The second-order valence-electron chi connectivity index (χ2n) is 13.4. The molecule has 2 spiro atoms. The van der Waals surface area contributed by atoms with Crippen LogP contribution < -0.4 is 5.32 Å². The van der Waals surface area contributed by atoms with E-state index in [2.05, 4.69) is 5.32 Å². The monoisotopic (exact) mass is 669 g/mol. The fraction of sp³-hybridized carbons (Fsp3) is 0.875. The minimum absolute atomic E-state index is 0.0910. The number of carbonyl (C=O) groups is 4. The second-order valence-corrected chi connectivity index (χ2v) is 13.4. The maximum atomic E-state index is 12.4. The molecule has 4 aliphatic heterocycles. The first-order chi connectivity index (χ1) is 22.5. The molecule has 0 unspecified atom stereocenters. The molecule has 47 heavy (non-hydrogen) atoms. The quantitative estimate of drug-likeness (QED) is 0.293. The Bertz CT molecular complexity index is 1170. The number of ether oxygens (including phenoxy) is 10. The van der Waals surface area contributed by atoms with Crippen LogP contribution in [0, 0.1) is 0 Å². The Morgan fingerprint density at radius 1 is 0.638 bits per heavy atom. The molecule has 15 nitrogen and oxygen atoms in total. The molecule has 15 heteroatoms. The van der Waals surface area contributed by atoms with Crippen molar-refractivity contribution in [1.82, 2.24) is 5.32 Å². The fourth-order valence-corrected chi connectivity index (χ4v) is 7.80. The van der Waals surface area contributed by atoms with Crippen molar-refractivity contribution in [2.45, 2.75) is 165 Å². The molecule has 2 aliphatic carbocycles. The van der Waals surface area contributed by atoms with E-state index in [9.17, 15) is 19.2 Å². The van der Waals surface area contributed by atoms with Crippen molar-refractivity contribution in [2.24, 2.45) is 0 Å². The fourth-order valence-electron chi connectivity index (χ4n) is 7.80. The standard InChI is InChI=1S/C32H47NO14/c1-17(34)33-23-26(41-20(4)37)24(40-19(3)36)21(15-38-18(2)35)42-29(23)39-16-22-25-27(45-31(44-25)11-7-5-8-12-31)28-30(43-22)47-32(46-28)13-9-6-10-14-32/h21-30H,5-16H2,1-4H3,(H,33,34)/t21-,22+,23+,24-,25-,26+,27-,28-,29-,30-/m1/s1. The lowest BCUT2D eigenvalue weighted by atomic mass is 9.94. The zero-order valence-electron chi connectivity index (χ0n) is 27.5. The zero-order valence-corrected chi connectivity index (χ0v) is 27.5. The number of nitrogens with one attached hydrogen (secondary N) is 1. The average molecular weight is 670 g/mol. The van der Waals surface area contributed by atoms with E-state index in [0.29, 0.717) is 0 Å². The van der Waals surface area contributed by atoms with Gasteiger partial charge in [-0.25, -0.2) is 0 Å². The van der Waals surface area contributed by atoms with Gasteiger partial charge in [-0.15, -0.1) is 0 Å². The van der Waals surface area contributed by atoms with Gasteiger partial charge >= 0.3 is 17.9 Å². The number of carbonyl (C=O) groups excluding carboxylic acids is 4. The third kappa shape index (κ3) is 7.61. The predicted molar refractivity (Wildman–Crippen MR) is 156 cm³/mol. The van der Waals surface area contributed by atoms with Crippen molar-refractivity contribution in [1.29, 1.82) is 0 Å². The first-order valence-electron chi connectivity index (χ1n) is 16.9. The number of hydrogen-bond donors (Lipinski definition) is 1. The second kappa shape index (κ2) is 14.2. The lowest BCUT2D eigenvalue weighted by molar-refractivity contribution is -0.298. The maximum absolute atomic E-state index is 12.4. The molecular weight excluding hydrogens is 622 g/mol. The van der Waals surface area contributed by atoms with E-state index in [4.69, 9.17) is 47.4 Å². The first kappa shape index (κ1) is 34.5. The summed E-state index contributed by atoms with van der Waals surface area (Å²) < 4.78 is 61.8. The Labute approximate surface area is 273 Å². The Morgan fingerprint density at radius 3 is 1.81 bits per heavy atom. The van der Waals surface area contributed by atoms with Crippen LogP contribution in [0.25, 0.3) is 0 Å². The molecule has 264 valence electrons. The molecular formula is C32H47NO14. The molecule has 0 aromatic rings. The van der Waals surface area contributed by atoms with Gasteiger partial charge in [-0.3, -0.25) is 19.2 Å². The molecule has 6 aliphatic rings. The zero-order chi connectivity index (χ0) is 33.3. The molecule has 2 saturated carbocycles. The van der Waals surface area contributed by atoms with Crippen molar-refractivity contribution in [3.63, 3.8) is 0 Å². The number of rotatable bonds is 8. The molecule has 10 atom stereocenters. The van der Waals surface area contributed by atoms with Gasteiger partial charge in [0.15, 0.2) is 36.4 Å². The van der Waals surface area contributed by atoms with Gasteiger partial charge in [0.05, 0.1) is 6.61 Å². The lowest BCUT2D eigenvalue weighted by Gasteiger charge is -2.45. The van der Waals surface area contributed by atoms with Crippen LogP contribution >= 0.6 is 0 Å². The van der Waals surface area contributed by atoms with Gasteiger partial charge in [-0.2, -0.15) is 0 Å². The molecule has 6 fully saturated rings. The van der Waals surface area contributed by atoms with Gasteiger partial charge in [-0.05, 0) is 25.7 Å². The highest BCUT2D eigenvalue weighted by Gasteiger charge is 2.64. The van der Waals surface area contributed by atoms with Crippen LogP contribution in [0.3, 0.4) is 0 Å². The van der Waals surface area contributed by atoms with Crippen molar-refractivity contribution >= 4 is 23.8 Å². The van der Waals surface area contributed by atoms with E-state index in [1.807, 2.05) is 0 Å². The van der Waals surface area contributed by atoms with E-state index in [-0.39, 0.29) is 13.2 Å². The topological polar surface area (TPSA) is 173 Å². The predicted octanol–water partition coefficient (Wildman–Crippen LogP) is 1.90. The average Bonchev–Trinajstić information content (AvgIpc) is 3.55. The number of esters is 3. The highest BCUT2D eigenvalue weighted by Crippen LogP contribution is 2.51. The van der Waals surface area contributed by atoms with E-state index in [1.54, 1.807) is 0 Å². The third-order valence-electron chi connectivity index (χ3n) is 9.70. The lowest BCUT2D eigenvalue weighted by Crippen LogP contribution is -2.67. The van der Waals surface area contributed by atoms with Gasteiger partial charge in [0.1, 0.15) is 43.2 Å². The summed E-state index contributed by atoms with van der Waals surface area (Å²) in [4.78, 5) is 48.4. The van der Waals surface area contributed by atoms with Gasteiger partial charge in [-0.1, -0.05) is 12.8 Å². The largest absolute Gasteiger partial charge is 0.463 e. The summed E-state index contributed by atoms with van der Waals surface area (Å²) in [6.45, 7) is 4.46. The minimum atomic E-state index is -1.24. The van der Waals surface area contributed by atoms with Crippen LogP contribution in [0.2, 0.25) is 0 Å². The van der Waals surface area contributed by atoms with E-state index in [1.165, 1.54) is 27.7 Å². The highest BCUT2D eigenvalue weighted by atomic mass is 16.9. The smallest absolute Gasteiger partial charge is 0.303 e.